The number of amides is 2. The molecular formula is C25H21ClN2O4. The van der Waals surface area contributed by atoms with Crippen molar-refractivity contribution in [3.05, 3.63) is 88.9 Å². The van der Waals surface area contributed by atoms with Crippen molar-refractivity contribution in [1.82, 2.24) is 0 Å². The first kappa shape index (κ1) is 20.5. The number of para-hydroxylation sites is 1. The summed E-state index contributed by atoms with van der Waals surface area (Å²) in [6, 6.07) is 21.6. The third-order valence-corrected chi connectivity index (χ3v) is 6.38. The van der Waals surface area contributed by atoms with E-state index in [1.165, 1.54) is 4.90 Å². The zero-order valence-electron chi connectivity index (χ0n) is 17.6. The van der Waals surface area contributed by atoms with Crippen LogP contribution in [-0.4, -0.2) is 25.0 Å². The van der Waals surface area contributed by atoms with E-state index in [1.54, 1.807) is 30.4 Å². The molecule has 0 saturated carbocycles. The van der Waals surface area contributed by atoms with Crippen LogP contribution in [0.1, 0.15) is 17.2 Å². The van der Waals surface area contributed by atoms with Crippen LogP contribution < -0.4 is 14.7 Å². The van der Waals surface area contributed by atoms with Crippen LogP contribution in [0.5, 0.6) is 5.75 Å². The van der Waals surface area contributed by atoms with Crippen molar-refractivity contribution in [3.8, 4) is 5.75 Å². The van der Waals surface area contributed by atoms with Gasteiger partial charge < -0.3 is 4.74 Å². The van der Waals surface area contributed by atoms with E-state index in [-0.39, 0.29) is 5.91 Å². The summed E-state index contributed by atoms with van der Waals surface area (Å²) in [4.78, 5) is 34.3. The normalized spacial score (nSPS) is 22.4. The first-order valence-electron chi connectivity index (χ1n) is 10.3. The van der Waals surface area contributed by atoms with E-state index in [9.17, 15) is 9.59 Å². The predicted molar refractivity (Wildman–Crippen MR) is 122 cm³/mol. The van der Waals surface area contributed by atoms with Gasteiger partial charge in [-0.2, -0.15) is 0 Å². The summed E-state index contributed by atoms with van der Waals surface area (Å²) >= 11 is 6.27. The predicted octanol–water partition coefficient (Wildman–Crippen LogP) is 4.71. The van der Waals surface area contributed by atoms with E-state index in [1.807, 2.05) is 61.5 Å². The molecule has 0 spiro atoms. The van der Waals surface area contributed by atoms with Crippen molar-refractivity contribution in [3.63, 3.8) is 0 Å². The average Bonchev–Trinajstić information content (AvgIpc) is 3.32. The molecule has 0 aliphatic carbocycles. The summed E-state index contributed by atoms with van der Waals surface area (Å²) < 4.78 is 5.39. The highest BCUT2D eigenvalue weighted by atomic mass is 35.5. The number of benzene rings is 3. The molecule has 0 aromatic heterocycles. The van der Waals surface area contributed by atoms with E-state index < -0.39 is 24.0 Å². The average molecular weight is 449 g/mol. The Bertz CT molecular complexity index is 1200. The summed E-state index contributed by atoms with van der Waals surface area (Å²) in [5.41, 5.74) is 2.91. The minimum Gasteiger partial charge on any atom is -0.497 e. The highest BCUT2D eigenvalue weighted by molar-refractivity contribution is 6.32. The standard InChI is InChI=1S/C25H21ClN2O4/c1-15-11-12-18(14-20(15)26)27-24(29)21-22(16-7-6-10-19(13-16)31-2)28(32-23(21)25(27)30)17-8-4-3-5-9-17/h3-14,21-23H,1-2H3/t21-,22+,23+/m1/s1. The molecule has 0 radical (unpaired) electrons. The minimum absolute atomic E-state index is 0.314. The lowest BCUT2D eigenvalue weighted by atomic mass is 9.90. The van der Waals surface area contributed by atoms with Crippen molar-refractivity contribution in [2.45, 2.75) is 19.1 Å². The number of hydroxylamine groups is 1. The Balaban J connectivity index is 1.59. The Morgan fingerprint density at radius 2 is 1.69 bits per heavy atom. The summed E-state index contributed by atoms with van der Waals surface area (Å²) in [6.07, 6.45) is -0.931. The van der Waals surface area contributed by atoms with Gasteiger partial charge >= 0.3 is 0 Å². The van der Waals surface area contributed by atoms with Crippen molar-refractivity contribution < 1.29 is 19.2 Å². The molecular weight excluding hydrogens is 428 g/mol. The molecule has 2 heterocycles. The number of carbonyl (C=O) groups is 2. The number of hydrogen-bond acceptors (Lipinski definition) is 5. The van der Waals surface area contributed by atoms with Crippen LogP contribution in [0, 0.1) is 12.8 Å². The van der Waals surface area contributed by atoms with Gasteiger partial charge in [0.2, 0.25) is 5.91 Å². The number of ether oxygens (including phenoxy) is 1. The Morgan fingerprint density at radius 1 is 0.906 bits per heavy atom. The molecule has 6 nitrogen and oxygen atoms in total. The molecule has 0 bridgehead atoms. The monoisotopic (exact) mass is 448 g/mol. The first-order valence-corrected chi connectivity index (χ1v) is 10.7. The molecule has 3 atom stereocenters. The largest absolute Gasteiger partial charge is 0.497 e. The number of anilines is 2. The number of halogens is 1. The van der Waals surface area contributed by atoms with Crippen molar-refractivity contribution >= 4 is 34.8 Å². The van der Waals surface area contributed by atoms with Crippen LogP contribution >= 0.6 is 11.6 Å². The van der Waals surface area contributed by atoms with Gasteiger partial charge in [-0.15, -0.1) is 0 Å². The quantitative estimate of drug-likeness (QED) is 0.541. The van der Waals surface area contributed by atoms with E-state index in [0.717, 1.165) is 16.8 Å². The number of carbonyl (C=O) groups excluding carboxylic acids is 2. The molecule has 2 aliphatic heterocycles. The summed E-state index contributed by atoms with van der Waals surface area (Å²) in [6.45, 7) is 1.87. The topological polar surface area (TPSA) is 59.1 Å². The minimum atomic E-state index is -0.931. The Morgan fingerprint density at radius 3 is 2.41 bits per heavy atom. The molecule has 0 N–H and O–H groups in total. The van der Waals surface area contributed by atoms with E-state index in [0.29, 0.717) is 16.5 Å². The fourth-order valence-corrected chi connectivity index (χ4v) is 4.53. The van der Waals surface area contributed by atoms with Gasteiger partial charge in [-0.05, 0) is 54.4 Å². The Hall–Kier alpha value is -3.35. The first-order chi connectivity index (χ1) is 15.5. The lowest BCUT2D eigenvalue weighted by molar-refractivity contribution is -0.126. The van der Waals surface area contributed by atoms with Crippen LogP contribution in [-0.2, 0) is 14.4 Å². The summed E-state index contributed by atoms with van der Waals surface area (Å²) in [5, 5.41) is 2.16. The second-order valence-corrected chi connectivity index (χ2v) is 8.29. The molecule has 2 saturated heterocycles. The van der Waals surface area contributed by atoms with E-state index >= 15 is 0 Å². The molecule has 3 aromatic rings. The summed E-state index contributed by atoms with van der Waals surface area (Å²) in [5.74, 6) is -0.759. The Kier molecular flexibility index (Phi) is 5.12. The highest BCUT2D eigenvalue weighted by Gasteiger charge is 2.60. The van der Waals surface area contributed by atoms with Crippen molar-refractivity contribution in [2.75, 3.05) is 17.1 Å². The number of methoxy groups -OCH3 is 1. The molecule has 2 aliphatic rings. The zero-order valence-corrected chi connectivity index (χ0v) is 18.3. The fraction of sp³-hybridized carbons (Fsp3) is 0.200. The number of fused-ring (bicyclic) bond motifs is 1. The molecule has 2 amide bonds. The van der Waals surface area contributed by atoms with Crippen LogP contribution in [0.4, 0.5) is 11.4 Å². The maximum absolute atomic E-state index is 13.6. The molecule has 162 valence electrons. The van der Waals surface area contributed by atoms with Crippen molar-refractivity contribution in [1.29, 1.82) is 0 Å². The van der Waals surface area contributed by atoms with Crippen LogP contribution in [0.3, 0.4) is 0 Å². The molecule has 3 aromatic carbocycles. The molecule has 32 heavy (non-hydrogen) atoms. The molecule has 2 fully saturated rings. The van der Waals surface area contributed by atoms with Gasteiger partial charge in [0.1, 0.15) is 11.7 Å². The second-order valence-electron chi connectivity index (χ2n) is 7.88. The lowest BCUT2D eigenvalue weighted by Gasteiger charge is -2.29. The SMILES string of the molecule is COc1cccc([C@H]2[C@H]3C(=O)N(c4ccc(C)c(Cl)c4)C(=O)[C@H]3ON2c2ccccc2)c1. The second kappa shape index (κ2) is 7.97. The van der Waals surface area contributed by atoms with Crippen LogP contribution in [0.25, 0.3) is 0 Å². The Labute approximate surface area is 190 Å². The van der Waals surface area contributed by atoms with Gasteiger partial charge in [0.05, 0.1) is 24.5 Å². The van der Waals surface area contributed by atoms with Gasteiger partial charge in [0, 0.05) is 5.02 Å². The highest BCUT2D eigenvalue weighted by Crippen LogP contribution is 2.48. The number of hydrogen-bond donors (Lipinski definition) is 0. The maximum Gasteiger partial charge on any atom is 0.266 e. The van der Waals surface area contributed by atoms with Gasteiger partial charge in [0.15, 0.2) is 6.10 Å². The molecule has 7 heteroatoms. The lowest BCUT2D eigenvalue weighted by Crippen LogP contribution is -2.37. The number of nitrogens with zero attached hydrogens (tertiary/aromatic N) is 2. The van der Waals surface area contributed by atoms with Crippen LogP contribution in [0.15, 0.2) is 72.8 Å². The van der Waals surface area contributed by atoms with E-state index in [2.05, 4.69) is 0 Å². The smallest absolute Gasteiger partial charge is 0.266 e. The number of rotatable bonds is 4. The van der Waals surface area contributed by atoms with Crippen molar-refractivity contribution in [2.24, 2.45) is 5.92 Å². The fourth-order valence-electron chi connectivity index (χ4n) is 4.35. The van der Waals surface area contributed by atoms with Crippen LogP contribution in [0.2, 0.25) is 5.02 Å². The molecule has 5 rings (SSSR count). The number of imide groups is 1. The molecule has 0 unspecified atom stereocenters. The van der Waals surface area contributed by atoms with Gasteiger partial charge in [-0.3, -0.25) is 14.4 Å². The third kappa shape index (κ3) is 3.23. The maximum atomic E-state index is 13.6. The third-order valence-electron chi connectivity index (χ3n) is 5.98. The van der Waals surface area contributed by atoms with E-state index in [4.69, 9.17) is 21.2 Å². The summed E-state index contributed by atoms with van der Waals surface area (Å²) in [7, 11) is 1.59. The zero-order chi connectivity index (χ0) is 22.4. The van der Waals surface area contributed by atoms with Gasteiger partial charge in [-0.1, -0.05) is 48.0 Å². The van der Waals surface area contributed by atoms with Gasteiger partial charge in [0.25, 0.3) is 5.91 Å². The number of aryl methyl sites for hydroxylation is 1. The van der Waals surface area contributed by atoms with Gasteiger partial charge in [-0.25, -0.2) is 9.96 Å².